The van der Waals surface area contributed by atoms with Gasteiger partial charge in [0.1, 0.15) is 5.82 Å². The lowest BCUT2D eigenvalue weighted by atomic mass is 9.91. The molecule has 1 aliphatic heterocycles. The van der Waals surface area contributed by atoms with Crippen molar-refractivity contribution in [1.29, 1.82) is 0 Å². The summed E-state index contributed by atoms with van der Waals surface area (Å²) >= 11 is 5.77. The molecule has 0 bridgehead atoms. The fourth-order valence-corrected chi connectivity index (χ4v) is 4.24. The zero-order valence-corrected chi connectivity index (χ0v) is 19.0. The summed E-state index contributed by atoms with van der Waals surface area (Å²) < 4.78 is 91.8. The molecule has 1 atom stereocenters. The van der Waals surface area contributed by atoms with Crippen LogP contribution < -0.4 is 4.90 Å². The van der Waals surface area contributed by atoms with Gasteiger partial charge in [-0.1, -0.05) is 23.7 Å². The topological polar surface area (TPSA) is 77.8 Å². The highest BCUT2D eigenvalue weighted by Gasteiger charge is 2.71. The van der Waals surface area contributed by atoms with Gasteiger partial charge >= 0.3 is 12.4 Å². The van der Waals surface area contributed by atoms with E-state index in [1.54, 1.807) is 0 Å². The molecule has 2 aromatic rings. The molecule has 0 spiro atoms. The van der Waals surface area contributed by atoms with Gasteiger partial charge in [-0.3, -0.25) is 9.59 Å². The number of hydrogen-bond donors (Lipinski definition) is 2. The maximum atomic E-state index is 13.4. The van der Waals surface area contributed by atoms with Crippen molar-refractivity contribution in [3.63, 3.8) is 0 Å². The molecule has 0 saturated carbocycles. The Morgan fingerprint density at radius 2 is 1.61 bits per heavy atom. The number of alkyl halides is 6. The molecule has 0 radical (unpaired) electrons. The lowest BCUT2D eigenvalue weighted by molar-refractivity contribution is -0.376. The Bertz CT molecular complexity index is 1120. The van der Waals surface area contributed by atoms with Gasteiger partial charge in [0, 0.05) is 35.7 Å². The Balaban J connectivity index is 1.72. The van der Waals surface area contributed by atoms with E-state index < -0.39 is 46.6 Å². The van der Waals surface area contributed by atoms with E-state index >= 15 is 0 Å². The number of anilines is 1. The number of aliphatic hydroxyl groups is 2. The van der Waals surface area contributed by atoms with Gasteiger partial charge in [-0.15, -0.1) is 0 Å². The van der Waals surface area contributed by atoms with Crippen LogP contribution >= 0.6 is 11.6 Å². The van der Waals surface area contributed by atoms with Crippen molar-refractivity contribution in [3.05, 3.63) is 64.4 Å². The predicted octanol–water partition coefficient (Wildman–Crippen LogP) is 4.85. The molecule has 196 valence electrons. The summed E-state index contributed by atoms with van der Waals surface area (Å²) in [5.74, 6) is -2.49. The molecule has 1 aliphatic rings. The first-order valence-electron chi connectivity index (χ1n) is 10.5. The van der Waals surface area contributed by atoms with E-state index in [-0.39, 0.29) is 42.9 Å². The largest absolute Gasteiger partial charge is 0.430 e. The Labute approximate surface area is 205 Å². The highest BCUT2D eigenvalue weighted by Crippen LogP contribution is 2.50. The zero-order chi connectivity index (χ0) is 27.1. The van der Waals surface area contributed by atoms with Crippen molar-refractivity contribution in [2.45, 2.75) is 49.2 Å². The molecule has 1 saturated heterocycles. The average molecular weight is 542 g/mol. The van der Waals surface area contributed by atoms with Crippen molar-refractivity contribution in [1.82, 2.24) is 0 Å². The molecule has 3 rings (SSSR count). The summed E-state index contributed by atoms with van der Waals surface area (Å²) in [5.41, 5.74) is -8.75. The van der Waals surface area contributed by atoms with E-state index in [0.717, 1.165) is 23.1 Å². The van der Waals surface area contributed by atoms with Crippen LogP contribution in [0.4, 0.5) is 36.4 Å². The van der Waals surface area contributed by atoms with Crippen molar-refractivity contribution in [3.8, 4) is 0 Å². The molecule has 1 heterocycles. The molecule has 2 N–H and O–H groups in total. The van der Waals surface area contributed by atoms with E-state index in [0.29, 0.717) is 17.7 Å². The Morgan fingerprint density at radius 1 is 1.03 bits per heavy atom. The maximum absolute atomic E-state index is 13.4. The van der Waals surface area contributed by atoms with Crippen LogP contribution in [-0.2, 0) is 21.6 Å². The lowest BCUT2D eigenvalue weighted by Crippen LogP contribution is -2.53. The summed E-state index contributed by atoms with van der Waals surface area (Å²) in [4.78, 5) is 26.2. The number of Topliss-reactive ketones (excluding diaryl/α,β-unsaturated/α-hetero) is 1. The smallest absolute Gasteiger partial charge is 0.373 e. The fourth-order valence-electron chi connectivity index (χ4n) is 4.00. The Hall–Kier alpha value is -2.70. The maximum Gasteiger partial charge on any atom is 0.430 e. The third-order valence-electron chi connectivity index (χ3n) is 5.97. The second kappa shape index (κ2) is 9.64. The molecule has 1 amide bonds. The second-order valence-electron chi connectivity index (χ2n) is 8.37. The first-order valence-corrected chi connectivity index (χ1v) is 10.9. The first-order chi connectivity index (χ1) is 16.5. The number of halogens is 8. The van der Waals surface area contributed by atoms with E-state index in [9.17, 15) is 50.5 Å². The van der Waals surface area contributed by atoms with Crippen LogP contribution in [0.3, 0.4) is 0 Å². The van der Waals surface area contributed by atoms with E-state index in [2.05, 4.69) is 0 Å². The summed E-state index contributed by atoms with van der Waals surface area (Å²) in [7, 11) is 0. The van der Waals surface area contributed by atoms with Gasteiger partial charge in [-0.05, 0) is 48.7 Å². The van der Waals surface area contributed by atoms with Crippen molar-refractivity contribution >= 4 is 29.0 Å². The highest BCUT2D eigenvalue weighted by atomic mass is 35.5. The van der Waals surface area contributed by atoms with Crippen LogP contribution in [0.5, 0.6) is 0 Å². The van der Waals surface area contributed by atoms with Crippen LogP contribution in [0, 0.1) is 5.82 Å². The van der Waals surface area contributed by atoms with Gasteiger partial charge in [-0.25, -0.2) is 4.39 Å². The van der Waals surface area contributed by atoms with Crippen molar-refractivity contribution in [2.75, 3.05) is 11.4 Å². The van der Waals surface area contributed by atoms with Crippen LogP contribution in [-0.4, -0.2) is 46.4 Å². The fraction of sp³-hybridized carbons (Fsp3) is 0.391. The number of benzene rings is 2. The van der Waals surface area contributed by atoms with Crippen molar-refractivity contribution < 1.29 is 50.5 Å². The minimum Gasteiger partial charge on any atom is -0.373 e. The lowest BCUT2D eigenvalue weighted by Gasteiger charge is -2.33. The quantitative estimate of drug-likeness (QED) is 0.388. The highest BCUT2D eigenvalue weighted by molar-refractivity contribution is 6.30. The summed E-state index contributed by atoms with van der Waals surface area (Å²) in [6.45, 7) is -0.233. The number of hydrogen-bond acceptors (Lipinski definition) is 4. The minimum absolute atomic E-state index is 0.149. The van der Waals surface area contributed by atoms with Crippen molar-refractivity contribution in [2.24, 2.45) is 0 Å². The molecule has 5 nitrogen and oxygen atoms in total. The monoisotopic (exact) mass is 541 g/mol. The molecule has 1 fully saturated rings. The van der Waals surface area contributed by atoms with Crippen LogP contribution in [0.1, 0.15) is 30.4 Å². The normalized spacial score (nSPS) is 19.2. The molecule has 13 heteroatoms. The van der Waals surface area contributed by atoms with Gasteiger partial charge in [0.15, 0.2) is 5.78 Å². The number of aryl methyl sites for hydroxylation is 1. The third-order valence-corrected chi connectivity index (χ3v) is 6.18. The zero-order valence-electron chi connectivity index (χ0n) is 18.3. The molecule has 0 aromatic heterocycles. The molecular formula is C23H19ClF7NO4. The van der Waals surface area contributed by atoms with E-state index in [4.69, 9.17) is 11.6 Å². The van der Waals surface area contributed by atoms with Gasteiger partial charge < -0.3 is 15.1 Å². The van der Waals surface area contributed by atoms with Gasteiger partial charge in [0.2, 0.25) is 5.60 Å². The molecule has 36 heavy (non-hydrogen) atoms. The van der Waals surface area contributed by atoms with Crippen LogP contribution in [0.25, 0.3) is 0 Å². The molecule has 0 aliphatic carbocycles. The average Bonchev–Trinajstić information content (AvgIpc) is 3.06. The molecule has 1 unspecified atom stereocenters. The number of amides is 1. The van der Waals surface area contributed by atoms with Gasteiger partial charge in [0.05, 0.1) is 0 Å². The molecular weight excluding hydrogens is 523 g/mol. The third kappa shape index (κ3) is 5.07. The standard InChI is InChI=1S/C23H19ClF7NO4/c24-15-10-13(11-16(25)12-15)2-1-3-18(33)20(35)8-9-32(19(20)34)17-6-4-14(5-7-17)21(36,22(26,27)28)23(29,30)31/h4-7,10-12,35-36H,1-3,8-9H2. The number of ketones is 1. The number of carbonyl (C=O) groups excluding carboxylic acids is 2. The first kappa shape index (κ1) is 27.9. The van der Waals surface area contributed by atoms with Crippen LogP contribution in [0.2, 0.25) is 5.02 Å². The Kier molecular flexibility index (Phi) is 7.46. The van der Waals surface area contributed by atoms with Crippen LogP contribution in [0.15, 0.2) is 42.5 Å². The van der Waals surface area contributed by atoms with E-state index in [1.165, 1.54) is 12.1 Å². The molecule has 2 aromatic carbocycles. The van der Waals surface area contributed by atoms with Gasteiger partial charge in [0.25, 0.3) is 11.5 Å². The second-order valence-corrected chi connectivity index (χ2v) is 8.81. The number of nitrogens with zero attached hydrogens (tertiary/aromatic N) is 1. The summed E-state index contributed by atoms with van der Waals surface area (Å²) in [6.07, 6.45) is -12.4. The number of carbonyl (C=O) groups is 2. The predicted molar refractivity (Wildman–Crippen MR) is 114 cm³/mol. The minimum atomic E-state index is -6.07. The number of rotatable bonds is 7. The van der Waals surface area contributed by atoms with Gasteiger partial charge in [-0.2, -0.15) is 26.3 Å². The summed E-state index contributed by atoms with van der Waals surface area (Å²) in [6, 6.07) is 6.05. The van der Waals surface area contributed by atoms with E-state index in [1.807, 2.05) is 0 Å². The summed E-state index contributed by atoms with van der Waals surface area (Å²) in [5, 5.41) is 20.3. The SMILES string of the molecule is O=C(CCCc1cc(F)cc(Cl)c1)C1(O)CCN(c2ccc(C(O)(C(F)(F)F)C(F)(F)F)cc2)C1=O. The Morgan fingerprint density at radius 3 is 2.14 bits per heavy atom.